The zero-order chi connectivity index (χ0) is 21.9. The topological polar surface area (TPSA) is 74.3 Å². The highest BCUT2D eigenvalue weighted by molar-refractivity contribution is 5.98. The number of carbonyl (C=O) groups is 1. The molecule has 1 N–H and O–H groups in total. The molecule has 0 aliphatic carbocycles. The van der Waals surface area contributed by atoms with Crippen LogP contribution in [-0.4, -0.2) is 58.8 Å². The number of aromatic nitrogens is 3. The van der Waals surface area contributed by atoms with Gasteiger partial charge in [0, 0.05) is 42.6 Å². The Morgan fingerprint density at radius 3 is 2.44 bits per heavy atom. The van der Waals surface area contributed by atoms with Crippen molar-refractivity contribution < 1.29 is 9.53 Å². The van der Waals surface area contributed by atoms with Crippen molar-refractivity contribution in [3.8, 4) is 17.0 Å². The van der Waals surface area contributed by atoms with Gasteiger partial charge in [-0.05, 0) is 55.5 Å². The molecule has 7 nitrogen and oxygen atoms in total. The Morgan fingerprint density at radius 1 is 0.969 bits per heavy atom. The maximum absolute atomic E-state index is 12.9. The van der Waals surface area contributed by atoms with Crippen LogP contribution < -0.4 is 9.64 Å². The van der Waals surface area contributed by atoms with Crippen LogP contribution in [0.2, 0.25) is 0 Å². The fourth-order valence-electron chi connectivity index (χ4n) is 4.03. The van der Waals surface area contributed by atoms with Crippen LogP contribution in [0, 0.1) is 0 Å². The molecule has 0 unspecified atom stereocenters. The predicted molar refractivity (Wildman–Crippen MR) is 125 cm³/mol. The van der Waals surface area contributed by atoms with Gasteiger partial charge in [-0.1, -0.05) is 18.2 Å². The summed E-state index contributed by atoms with van der Waals surface area (Å²) in [6.07, 6.45) is 0. The van der Waals surface area contributed by atoms with Gasteiger partial charge in [0.15, 0.2) is 5.82 Å². The molecule has 162 valence electrons. The molecule has 7 heteroatoms. The van der Waals surface area contributed by atoms with E-state index in [4.69, 9.17) is 4.74 Å². The van der Waals surface area contributed by atoms with Crippen LogP contribution in [0.1, 0.15) is 17.4 Å². The number of aromatic amines is 1. The molecule has 1 aliphatic heterocycles. The number of nitrogens with one attached hydrogen (secondary N) is 1. The third-order valence-corrected chi connectivity index (χ3v) is 5.76. The van der Waals surface area contributed by atoms with Gasteiger partial charge >= 0.3 is 0 Å². The standard InChI is InChI=1S/C25H25N5O2/c1-2-32-20-9-7-18(8-10-20)22-11-12-24(28-27-22)29-13-15-30(16-14-29)25(31)23-17-19-5-3-4-6-21(19)26-23/h3-12,17,26H,2,13-16H2,1H3. The molecule has 1 fully saturated rings. The average molecular weight is 428 g/mol. The largest absolute Gasteiger partial charge is 0.494 e. The Balaban J connectivity index is 1.21. The molecule has 1 saturated heterocycles. The number of amides is 1. The first-order chi connectivity index (χ1) is 15.7. The van der Waals surface area contributed by atoms with Crippen molar-refractivity contribution in [2.24, 2.45) is 0 Å². The monoisotopic (exact) mass is 427 g/mol. The van der Waals surface area contributed by atoms with E-state index in [9.17, 15) is 4.79 Å². The minimum atomic E-state index is 0.0396. The Hall–Kier alpha value is -3.87. The number of para-hydroxylation sites is 1. The van der Waals surface area contributed by atoms with E-state index in [1.807, 2.05) is 78.6 Å². The van der Waals surface area contributed by atoms with E-state index >= 15 is 0 Å². The zero-order valence-electron chi connectivity index (χ0n) is 18.0. The van der Waals surface area contributed by atoms with Gasteiger partial charge in [0.25, 0.3) is 5.91 Å². The molecule has 0 atom stereocenters. The summed E-state index contributed by atoms with van der Waals surface area (Å²) in [6, 6.07) is 21.7. The van der Waals surface area contributed by atoms with Crippen LogP contribution in [0.25, 0.3) is 22.2 Å². The molecular weight excluding hydrogens is 402 g/mol. The summed E-state index contributed by atoms with van der Waals surface area (Å²) >= 11 is 0. The van der Waals surface area contributed by atoms with Crippen LogP contribution in [-0.2, 0) is 0 Å². The van der Waals surface area contributed by atoms with Crippen LogP contribution in [0.3, 0.4) is 0 Å². The quantitative estimate of drug-likeness (QED) is 0.521. The van der Waals surface area contributed by atoms with E-state index in [1.54, 1.807) is 0 Å². The molecular formula is C25H25N5O2. The summed E-state index contributed by atoms with van der Waals surface area (Å²) in [7, 11) is 0. The summed E-state index contributed by atoms with van der Waals surface area (Å²) in [5.41, 5.74) is 3.45. The maximum Gasteiger partial charge on any atom is 0.270 e. The van der Waals surface area contributed by atoms with Crippen LogP contribution in [0.15, 0.2) is 66.7 Å². The first kappa shape index (κ1) is 20.1. The highest BCUT2D eigenvalue weighted by Crippen LogP contribution is 2.23. The van der Waals surface area contributed by atoms with Crippen LogP contribution in [0.5, 0.6) is 5.75 Å². The summed E-state index contributed by atoms with van der Waals surface area (Å²) in [5.74, 6) is 1.72. The molecule has 3 heterocycles. The zero-order valence-corrected chi connectivity index (χ0v) is 18.0. The Morgan fingerprint density at radius 2 is 1.75 bits per heavy atom. The number of ether oxygens (including phenoxy) is 1. The number of hydrogen-bond acceptors (Lipinski definition) is 5. The lowest BCUT2D eigenvalue weighted by Gasteiger charge is -2.35. The highest BCUT2D eigenvalue weighted by atomic mass is 16.5. The SMILES string of the molecule is CCOc1ccc(-c2ccc(N3CCN(C(=O)c4cc5ccccc5[nH]4)CC3)nn2)cc1. The van der Waals surface area contributed by atoms with Gasteiger partial charge in [-0.3, -0.25) is 4.79 Å². The molecule has 0 spiro atoms. The molecule has 0 saturated carbocycles. The van der Waals surface area contributed by atoms with Crippen molar-refractivity contribution in [1.29, 1.82) is 0 Å². The fraction of sp³-hybridized carbons (Fsp3) is 0.240. The first-order valence-electron chi connectivity index (χ1n) is 10.9. The third-order valence-electron chi connectivity index (χ3n) is 5.76. The molecule has 5 rings (SSSR count). The number of carbonyl (C=O) groups excluding carboxylic acids is 1. The second-order valence-electron chi connectivity index (χ2n) is 7.78. The molecule has 32 heavy (non-hydrogen) atoms. The van der Waals surface area contributed by atoms with Gasteiger partial charge in [0.2, 0.25) is 0 Å². The summed E-state index contributed by atoms with van der Waals surface area (Å²) < 4.78 is 5.49. The maximum atomic E-state index is 12.9. The van der Waals surface area contributed by atoms with Crippen molar-refractivity contribution in [2.45, 2.75) is 6.92 Å². The number of rotatable bonds is 5. The highest BCUT2D eigenvalue weighted by Gasteiger charge is 2.24. The normalized spacial score (nSPS) is 14.0. The van der Waals surface area contributed by atoms with Gasteiger partial charge in [0.05, 0.1) is 12.3 Å². The first-order valence-corrected chi connectivity index (χ1v) is 10.9. The number of hydrogen-bond donors (Lipinski definition) is 1. The number of benzene rings is 2. The van der Waals surface area contributed by atoms with Crippen molar-refractivity contribution in [3.63, 3.8) is 0 Å². The van der Waals surface area contributed by atoms with Crippen molar-refractivity contribution in [1.82, 2.24) is 20.1 Å². The van der Waals surface area contributed by atoms with Gasteiger partial charge in [-0.2, -0.15) is 0 Å². The minimum Gasteiger partial charge on any atom is -0.494 e. The summed E-state index contributed by atoms with van der Waals surface area (Å²) in [5, 5.41) is 9.89. The molecule has 2 aromatic carbocycles. The number of nitrogens with zero attached hydrogens (tertiary/aromatic N) is 4. The van der Waals surface area contributed by atoms with Gasteiger partial charge < -0.3 is 19.5 Å². The lowest BCUT2D eigenvalue weighted by atomic mass is 10.1. The third kappa shape index (κ3) is 4.01. The van der Waals surface area contributed by atoms with Crippen molar-refractivity contribution >= 4 is 22.6 Å². The number of H-pyrrole nitrogens is 1. The molecule has 0 radical (unpaired) electrons. The Bertz CT molecular complexity index is 1180. The fourth-order valence-corrected chi connectivity index (χ4v) is 4.03. The second-order valence-corrected chi connectivity index (χ2v) is 7.78. The summed E-state index contributed by atoms with van der Waals surface area (Å²) in [6.45, 7) is 5.36. The van der Waals surface area contributed by atoms with Gasteiger partial charge in [0.1, 0.15) is 11.4 Å². The van der Waals surface area contributed by atoms with E-state index in [-0.39, 0.29) is 5.91 Å². The number of piperazine rings is 1. The number of fused-ring (bicyclic) bond motifs is 1. The Labute approximate surface area is 186 Å². The molecule has 1 aliphatic rings. The molecule has 4 aromatic rings. The van der Waals surface area contributed by atoms with E-state index in [0.29, 0.717) is 25.4 Å². The van der Waals surface area contributed by atoms with Crippen molar-refractivity contribution in [3.05, 3.63) is 72.4 Å². The lowest BCUT2D eigenvalue weighted by molar-refractivity contribution is 0.0741. The second kappa shape index (κ2) is 8.70. The number of anilines is 1. The summed E-state index contributed by atoms with van der Waals surface area (Å²) in [4.78, 5) is 20.2. The van der Waals surface area contributed by atoms with Gasteiger partial charge in [-0.25, -0.2) is 0 Å². The molecule has 1 amide bonds. The van der Waals surface area contributed by atoms with Crippen LogP contribution >= 0.6 is 0 Å². The van der Waals surface area contributed by atoms with E-state index in [1.165, 1.54) is 0 Å². The molecule has 2 aromatic heterocycles. The Kier molecular flexibility index (Phi) is 5.46. The van der Waals surface area contributed by atoms with Crippen LogP contribution in [0.4, 0.5) is 5.82 Å². The molecule has 0 bridgehead atoms. The lowest BCUT2D eigenvalue weighted by Crippen LogP contribution is -2.49. The smallest absolute Gasteiger partial charge is 0.270 e. The minimum absolute atomic E-state index is 0.0396. The predicted octanol–water partition coefficient (Wildman–Crippen LogP) is 3.99. The average Bonchev–Trinajstić information content (AvgIpc) is 3.29. The van der Waals surface area contributed by atoms with E-state index in [2.05, 4.69) is 20.1 Å². The van der Waals surface area contributed by atoms with E-state index < -0.39 is 0 Å². The van der Waals surface area contributed by atoms with Gasteiger partial charge in [-0.15, -0.1) is 10.2 Å². The van der Waals surface area contributed by atoms with Crippen molar-refractivity contribution in [2.75, 3.05) is 37.7 Å². The van der Waals surface area contributed by atoms with E-state index in [0.717, 1.165) is 46.8 Å².